The summed E-state index contributed by atoms with van der Waals surface area (Å²) < 4.78 is 0. The third-order valence-corrected chi connectivity index (χ3v) is 4.21. The lowest BCUT2D eigenvalue weighted by Crippen LogP contribution is -2.36. The predicted molar refractivity (Wildman–Crippen MR) is 86.4 cm³/mol. The van der Waals surface area contributed by atoms with Gasteiger partial charge in [-0.3, -0.25) is 14.6 Å². The fraction of sp³-hybridized carbons (Fsp3) is 0.312. The molecule has 7 heteroatoms. The molecule has 23 heavy (non-hydrogen) atoms. The average molecular weight is 314 g/mol. The van der Waals surface area contributed by atoms with Crippen LogP contribution >= 0.6 is 0 Å². The predicted octanol–water partition coefficient (Wildman–Crippen LogP) is 0.180. The molecule has 0 saturated carbocycles. The van der Waals surface area contributed by atoms with Crippen LogP contribution < -0.4 is 22.3 Å². The number of hydrogen-bond acceptors (Lipinski definition) is 4. The molecule has 0 aliphatic heterocycles. The number of aromatic amines is 2. The minimum Gasteiger partial charge on any atom is -0.392 e. The summed E-state index contributed by atoms with van der Waals surface area (Å²) in [7, 11) is 0. The van der Waals surface area contributed by atoms with E-state index in [-0.39, 0.29) is 11.4 Å². The second kappa shape index (κ2) is 6.12. The Morgan fingerprint density at radius 3 is 2.74 bits per heavy atom. The van der Waals surface area contributed by atoms with Gasteiger partial charge in [0.15, 0.2) is 0 Å². The number of carbonyl (C=O) groups excluding carboxylic acids is 1. The van der Waals surface area contributed by atoms with E-state index in [0.29, 0.717) is 12.5 Å². The van der Waals surface area contributed by atoms with Crippen molar-refractivity contribution >= 4 is 11.6 Å². The smallest absolute Gasteiger partial charge is 0.326 e. The number of nitrogen functional groups attached to an aromatic ring is 1. The zero-order chi connectivity index (χ0) is 16.4. The summed E-state index contributed by atoms with van der Waals surface area (Å²) in [6.07, 6.45) is 2.87. The van der Waals surface area contributed by atoms with E-state index < -0.39 is 17.2 Å². The normalized spacial score (nSPS) is 16.6. The van der Waals surface area contributed by atoms with Gasteiger partial charge in [-0.05, 0) is 36.3 Å². The highest BCUT2D eigenvalue weighted by Gasteiger charge is 2.20. The summed E-state index contributed by atoms with van der Waals surface area (Å²) in [4.78, 5) is 39.1. The molecule has 0 fully saturated rings. The highest BCUT2D eigenvalue weighted by atomic mass is 16.2. The number of rotatable bonds is 3. The standard InChI is InChI=1S/C16H18N4O3/c17-12-13(19-16(23)20-14(12)21)15(22)18-8-9-5-6-10-3-1-2-4-11(10)7-9/h1-4,9H,5-8,17H2,(H,18,22)(H2,19,20,21,23). The number of hydrogen-bond donors (Lipinski definition) is 4. The summed E-state index contributed by atoms with van der Waals surface area (Å²) in [6, 6.07) is 8.29. The van der Waals surface area contributed by atoms with E-state index in [1.54, 1.807) is 0 Å². The first-order valence-electron chi connectivity index (χ1n) is 7.51. The molecule has 1 aliphatic rings. The summed E-state index contributed by atoms with van der Waals surface area (Å²) in [5, 5.41) is 2.75. The van der Waals surface area contributed by atoms with Crippen molar-refractivity contribution in [2.75, 3.05) is 12.3 Å². The minimum absolute atomic E-state index is 0.185. The molecule has 1 amide bonds. The molecule has 7 nitrogen and oxygen atoms in total. The van der Waals surface area contributed by atoms with Gasteiger partial charge in [-0.2, -0.15) is 0 Å². The highest BCUT2D eigenvalue weighted by Crippen LogP contribution is 2.24. The van der Waals surface area contributed by atoms with Crippen LogP contribution in [0.5, 0.6) is 0 Å². The maximum atomic E-state index is 12.1. The highest BCUT2D eigenvalue weighted by molar-refractivity contribution is 5.96. The SMILES string of the molecule is Nc1c(C(=O)NCC2CCc3ccccc3C2)[nH]c(=O)[nH]c1=O. The maximum absolute atomic E-state index is 12.1. The van der Waals surface area contributed by atoms with Gasteiger partial charge in [-0.25, -0.2) is 4.79 Å². The summed E-state index contributed by atoms with van der Waals surface area (Å²) in [5.41, 5.74) is 6.24. The van der Waals surface area contributed by atoms with Gasteiger partial charge in [0.25, 0.3) is 11.5 Å². The quantitative estimate of drug-likeness (QED) is 0.645. The molecule has 1 aromatic heterocycles. The molecular formula is C16H18N4O3. The molecule has 5 N–H and O–H groups in total. The van der Waals surface area contributed by atoms with Crippen molar-refractivity contribution in [2.24, 2.45) is 5.92 Å². The molecule has 1 atom stereocenters. The van der Waals surface area contributed by atoms with Crippen LogP contribution in [-0.2, 0) is 12.8 Å². The van der Waals surface area contributed by atoms with E-state index in [2.05, 4.69) is 22.4 Å². The third-order valence-electron chi connectivity index (χ3n) is 4.21. The molecule has 0 bridgehead atoms. The number of nitrogens with two attached hydrogens (primary N) is 1. The number of carbonyl (C=O) groups is 1. The van der Waals surface area contributed by atoms with Crippen LogP contribution in [0.3, 0.4) is 0 Å². The molecule has 1 aliphatic carbocycles. The van der Waals surface area contributed by atoms with Crippen molar-refractivity contribution in [3.05, 3.63) is 61.9 Å². The lowest BCUT2D eigenvalue weighted by molar-refractivity contribution is 0.0941. The summed E-state index contributed by atoms with van der Waals surface area (Å²) >= 11 is 0. The molecule has 1 aromatic carbocycles. The average Bonchev–Trinajstić information content (AvgIpc) is 2.55. The fourth-order valence-corrected chi connectivity index (χ4v) is 2.95. The fourth-order valence-electron chi connectivity index (χ4n) is 2.95. The minimum atomic E-state index is -0.759. The molecule has 2 aromatic rings. The number of aryl methyl sites for hydroxylation is 1. The molecule has 0 radical (unpaired) electrons. The van der Waals surface area contributed by atoms with Gasteiger partial charge in [0, 0.05) is 6.54 Å². The van der Waals surface area contributed by atoms with Crippen molar-refractivity contribution in [1.82, 2.24) is 15.3 Å². The van der Waals surface area contributed by atoms with Crippen LogP contribution in [0, 0.1) is 5.92 Å². The van der Waals surface area contributed by atoms with E-state index in [4.69, 9.17) is 5.73 Å². The number of nitrogens with one attached hydrogen (secondary N) is 3. The van der Waals surface area contributed by atoms with Crippen LogP contribution in [-0.4, -0.2) is 22.4 Å². The number of fused-ring (bicyclic) bond motifs is 1. The number of benzene rings is 1. The van der Waals surface area contributed by atoms with Gasteiger partial charge in [-0.1, -0.05) is 24.3 Å². The monoisotopic (exact) mass is 314 g/mol. The molecule has 1 heterocycles. The third kappa shape index (κ3) is 3.18. The second-order valence-electron chi connectivity index (χ2n) is 5.78. The Morgan fingerprint density at radius 1 is 1.22 bits per heavy atom. The van der Waals surface area contributed by atoms with Gasteiger partial charge in [-0.15, -0.1) is 0 Å². The van der Waals surface area contributed by atoms with Crippen molar-refractivity contribution in [3.8, 4) is 0 Å². The van der Waals surface area contributed by atoms with E-state index in [9.17, 15) is 14.4 Å². The lowest BCUT2D eigenvalue weighted by Gasteiger charge is -2.24. The van der Waals surface area contributed by atoms with Crippen LogP contribution in [0.15, 0.2) is 33.9 Å². The maximum Gasteiger partial charge on any atom is 0.326 e. The first kappa shape index (κ1) is 15.1. The Balaban J connectivity index is 1.67. The van der Waals surface area contributed by atoms with E-state index in [1.165, 1.54) is 11.1 Å². The van der Waals surface area contributed by atoms with Crippen LogP contribution in [0.1, 0.15) is 28.0 Å². The Hall–Kier alpha value is -2.83. The largest absolute Gasteiger partial charge is 0.392 e. The van der Waals surface area contributed by atoms with E-state index in [0.717, 1.165) is 19.3 Å². The zero-order valence-corrected chi connectivity index (χ0v) is 12.5. The molecular weight excluding hydrogens is 296 g/mol. The Morgan fingerprint density at radius 2 is 1.96 bits per heavy atom. The van der Waals surface area contributed by atoms with Gasteiger partial charge in [0.1, 0.15) is 11.4 Å². The second-order valence-corrected chi connectivity index (χ2v) is 5.78. The number of amides is 1. The Labute approximate surface area is 131 Å². The van der Waals surface area contributed by atoms with Gasteiger partial charge < -0.3 is 16.0 Å². The Bertz CT molecular complexity index is 853. The van der Waals surface area contributed by atoms with Crippen LogP contribution in [0.25, 0.3) is 0 Å². The van der Waals surface area contributed by atoms with Crippen molar-refractivity contribution in [3.63, 3.8) is 0 Å². The van der Waals surface area contributed by atoms with Crippen molar-refractivity contribution in [1.29, 1.82) is 0 Å². The Kier molecular flexibility index (Phi) is 4.01. The van der Waals surface area contributed by atoms with E-state index in [1.807, 2.05) is 17.1 Å². The van der Waals surface area contributed by atoms with Gasteiger partial charge in [0.05, 0.1) is 0 Å². The number of aromatic nitrogens is 2. The first-order chi connectivity index (χ1) is 11.0. The van der Waals surface area contributed by atoms with Crippen LogP contribution in [0.2, 0.25) is 0 Å². The number of anilines is 1. The molecule has 0 spiro atoms. The lowest BCUT2D eigenvalue weighted by atomic mass is 9.84. The van der Waals surface area contributed by atoms with Crippen molar-refractivity contribution < 1.29 is 4.79 Å². The van der Waals surface area contributed by atoms with Crippen LogP contribution in [0.4, 0.5) is 5.69 Å². The molecule has 1 unspecified atom stereocenters. The molecule has 120 valence electrons. The van der Waals surface area contributed by atoms with Gasteiger partial charge in [0.2, 0.25) is 0 Å². The topological polar surface area (TPSA) is 121 Å². The zero-order valence-electron chi connectivity index (χ0n) is 12.5. The number of H-pyrrole nitrogens is 2. The van der Waals surface area contributed by atoms with Crippen molar-refractivity contribution in [2.45, 2.75) is 19.3 Å². The van der Waals surface area contributed by atoms with Gasteiger partial charge >= 0.3 is 5.69 Å². The summed E-state index contributed by atoms with van der Waals surface area (Å²) in [6.45, 7) is 0.474. The first-order valence-corrected chi connectivity index (χ1v) is 7.51. The molecule has 0 saturated heterocycles. The van der Waals surface area contributed by atoms with E-state index >= 15 is 0 Å². The summed E-state index contributed by atoms with van der Waals surface area (Å²) in [5.74, 6) is -0.214. The molecule has 3 rings (SSSR count).